The molecule has 0 atom stereocenters. The summed E-state index contributed by atoms with van der Waals surface area (Å²) in [5.74, 6) is 0.0893. The van der Waals surface area contributed by atoms with Crippen molar-refractivity contribution in [2.75, 3.05) is 7.11 Å². The highest BCUT2D eigenvalue weighted by molar-refractivity contribution is 9.10. The molecule has 6 heteroatoms. The van der Waals surface area contributed by atoms with Gasteiger partial charge in [0.1, 0.15) is 5.75 Å². The molecule has 2 nitrogen and oxygen atoms in total. The summed E-state index contributed by atoms with van der Waals surface area (Å²) in [5.41, 5.74) is -1.08. The Morgan fingerprint density at radius 3 is 2.40 bits per heavy atom. The largest absolute Gasteiger partial charge is 0.497 e. The van der Waals surface area contributed by atoms with Crippen molar-refractivity contribution >= 4 is 15.9 Å². The number of halogens is 4. The molecule has 0 saturated heterocycles. The average Bonchev–Trinajstić information content (AvgIpc) is 2.15. The Kier molecular flexibility index (Phi) is 3.62. The van der Waals surface area contributed by atoms with Gasteiger partial charge in [-0.15, -0.1) is 0 Å². The van der Waals surface area contributed by atoms with E-state index < -0.39 is 18.3 Å². The Hall–Kier alpha value is -0.750. The van der Waals surface area contributed by atoms with Crippen molar-refractivity contribution in [1.29, 1.82) is 0 Å². The van der Waals surface area contributed by atoms with E-state index in [1.807, 2.05) is 0 Å². The molecule has 0 fully saturated rings. The molecule has 0 aromatic heterocycles. The van der Waals surface area contributed by atoms with Gasteiger partial charge in [0.15, 0.2) is 0 Å². The number of aliphatic hydroxyl groups is 1. The highest BCUT2D eigenvalue weighted by Crippen LogP contribution is 2.38. The minimum Gasteiger partial charge on any atom is -0.497 e. The van der Waals surface area contributed by atoms with Crippen LogP contribution in [0.5, 0.6) is 5.75 Å². The molecule has 0 radical (unpaired) electrons. The number of ether oxygens (including phenoxy) is 1. The molecule has 15 heavy (non-hydrogen) atoms. The van der Waals surface area contributed by atoms with Gasteiger partial charge < -0.3 is 9.84 Å². The Labute approximate surface area is 92.8 Å². The quantitative estimate of drug-likeness (QED) is 0.905. The summed E-state index contributed by atoms with van der Waals surface area (Å²) in [6, 6.07) is 2.23. The molecule has 0 saturated carbocycles. The molecule has 0 aliphatic heterocycles. The van der Waals surface area contributed by atoms with Crippen molar-refractivity contribution in [2.24, 2.45) is 0 Å². The van der Waals surface area contributed by atoms with Crippen molar-refractivity contribution in [2.45, 2.75) is 12.8 Å². The zero-order chi connectivity index (χ0) is 11.6. The smallest absolute Gasteiger partial charge is 0.416 e. The van der Waals surface area contributed by atoms with Gasteiger partial charge in [-0.05, 0) is 12.1 Å². The van der Waals surface area contributed by atoms with Crippen molar-refractivity contribution in [3.8, 4) is 5.75 Å². The molecule has 84 valence electrons. The summed E-state index contributed by atoms with van der Waals surface area (Å²) in [4.78, 5) is 0. The second kappa shape index (κ2) is 4.40. The molecule has 0 aliphatic rings. The van der Waals surface area contributed by atoms with Gasteiger partial charge in [0.05, 0.1) is 19.3 Å². The number of hydrogen-bond donors (Lipinski definition) is 1. The summed E-state index contributed by atoms with van der Waals surface area (Å²) in [7, 11) is 1.28. The van der Waals surface area contributed by atoms with Crippen LogP contribution < -0.4 is 4.74 Å². The highest BCUT2D eigenvalue weighted by atomic mass is 79.9. The Morgan fingerprint density at radius 1 is 1.40 bits per heavy atom. The van der Waals surface area contributed by atoms with Gasteiger partial charge >= 0.3 is 6.18 Å². The van der Waals surface area contributed by atoms with Crippen molar-refractivity contribution in [1.82, 2.24) is 0 Å². The lowest BCUT2D eigenvalue weighted by atomic mass is 10.1. The molecule has 0 heterocycles. The van der Waals surface area contributed by atoms with Gasteiger partial charge in [0.25, 0.3) is 0 Å². The maximum absolute atomic E-state index is 12.5. The molecular weight excluding hydrogens is 277 g/mol. The number of rotatable bonds is 2. The zero-order valence-electron chi connectivity index (χ0n) is 7.73. The summed E-state index contributed by atoms with van der Waals surface area (Å²) in [6.07, 6.45) is -4.50. The van der Waals surface area contributed by atoms with Crippen LogP contribution in [0.2, 0.25) is 0 Å². The van der Waals surface area contributed by atoms with Crippen molar-refractivity contribution in [3.63, 3.8) is 0 Å². The number of methoxy groups -OCH3 is 1. The first kappa shape index (κ1) is 12.3. The summed E-state index contributed by atoms with van der Waals surface area (Å²) < 4.78 is 42.5. The molecular formula is C9H8BrF3O2. The molecule has 0 bridgehead atoms. The third-order valence-electron chi connectivity index (χ3n) is 1.87. The summed E-state index contributed by atoms with van der Waals surface area (Å²) in [5, 5.41) is 8.86. The van der Waals surface area contributed by atoms with E-state index in [0.717, 1.165) is 6.07 Å². The van der Waals surface area contributed by atoms with Crippen LogP contribution in [0, 0.1) is 0 Å². The number of hydrogen-bond acceptors (Lipinski definition) is 2. The first-order valence-electron chi connectivity index (χ1n) is 3.94. The Morgan fingerprint density at radius 2 is 2.00 bits per heavy atom. The summed E-state index contributed by atoms with van der Waals surface area (Å²) in [6.45, 7) is -0.681. The molecule has 1 rings (SSSR count). The van der Waals surface area contributed by atoms with Crippen LogP contribution in [0.25, 0.3) is 0 Å². The molecule has 1 aromatic carbocycles. The maximum Gasteiger partial charge on any atom is 0.416 e. The van der Waals surface area contributed by atoms with E-state index in [-0.39, 0.29) is 15.8 Å². The van der Waals surface area contributed by atoms with Gasteiger partial charge in [0, 0.05) is 10.0 Å². The van der Waals surface area contributed by atoms with Crippen LogP contribution in [-0.4, -0.2) is 12.2 Å². The lowest BCUT2D eigenvalue weighted by Gasteiger charge is -2.14. The second-order valence-corrected chi connectivity index (χ2v) is 3.65. The lowest BCUT2D eigenvalue weighted by Crippen LogP contribution is -2.10. The Balaban J connectivity index is 3.39. The van der Waals surface area contributed by atoms with Crippen molar-refractivity contribution < 1.29 is 23.0 Å². The van der Waals surface area contributed by atoms with Crippen LogP contribution in [0.1, 0.15) is 11.1 Å². The molecule has 0 aliphatic carbocycles. The zero-order valence-corrected chi connectivity index (χ0v) is 9.32. The van der Waals surface area contributed by atoms with E-state index in [2.05, 4.69) is 15.9 Å². The first-order valence-corrected chi connectivity index (χ1v) is 4.74. The van der Waals surface area contributed by atoms with E-state index in [1.165, 1.54) is 13.2 Å². The molecule has 0 spiro atoms. The maximum atomic E-state index is 12.5. The first-order chi connectivity index (χ1) is 6.90. The number of benzene rings is 1. The SMILES string of the molecule is COc1cc(Br)c(CO)c(C(F)(F)F)c1. The van der Waals surface area contributed by atoms with Gasteiger partial charge in [-0.1, -0.05) is 15.9 Å². The molecule has 1 N–H and O–H groups in total. The summed E-state index contributed by atoms with van der Waals surface area (Å²) >= 11 is 2.95. The number of aliphatic hydroxyl groups excluding tert-OH is 1. The number of alkyl halides is 3. The Bertz CT molecular complexity index is 363. The predicted molar refractivity (Wildman–Crippen MR) is 51.6 cm³/mol. The third kappa shape index (κ3) is 2.63. The van der Waals surface area contributed by atoms with E-state index in [1.54, 1.807) is 0 Å². The van der Waals surface area contributed by atoms with Gasteiger partial charge in [-0.3, -0.25) is 0 Å². The fourth-order valence-corrected chi connectivity index (χ4v) is 1.71. The van der Waals surface area contributed by atoms with E-state index in [0.29, 0.717) is 0 Å². The van der Waals surface area contributed by atoms with Gasteiger partial charge in [0.2, 0.25) is 0 Å². The van der Waals surface area contributed by atoms with Gasteiger partial charge in [-0.25, -0.2) is 0 Å². The van der Waals surface area contributed by atoms with E-state index in [9.17, 15) is 13.2 Å². The van der Waals surface area contributed by atoms with E-state index >= 15 is 0 Å². The second-order valence-electron chi connectivity index (χ2n) is 2.79. The van der Waals surface area contributed by atoms with Crippen LogP contribution in [0.15, 0.2) is 16.6 Å². The van der Waals surface area contributed by atoms with Crippen molar-refractivity contribution in [3.05, 3.63) is 27.7 Å². The fourth-order valence-electron chi connectivity index (χ4n) is 1.14. The third-order valence-corrected chi connectivity index (χ3v) is 2.58. The normalized spacial score (nSPS) is 11.6. The standard InChI is InChI=1S/C9H8BrF3O2/c1-15-5-2-7(9(11,12)13)6(4-14)8(10)3-5/h2-3,14H,4H2,1H3. The van der Waals surface area contributed by atoms with Crippen LogP contribution >= 0.6 is 15.9 Å². The minimum atomic E-state index is -4.50. The molecule has 0 amide bonds. The van der Waals surface area contributed by atoms with Gasteiger partial charge in [-0.2, -0.15) is 13.2 Å². The molecule has 0 unspecified atom stereocenters. The monoisotopic (exact) mass is 284 g/mol. The lowest BCUT2D eigenvalue weighted by molar-refractivity contribution is -0.138. The van der Waals surface area contributed by atoms with Crippen LogP contribution in [0.3, 0.4) is 0 Å². The molecule has 1 aromatic rings. The minimum absolute atomic E-state index is 0.0893. The average molecular weight is 285 g/mol. The van der Waals surface area contributed by atoms with Crippen LogP contribution in [-0.2, 0) is 12.8 Å². The highest BCUT2D eigenvalue weighted by Gasteiger charge is 2.34. The van der Waals surface area contributed by atoms with E-state index in [4.69, 9.17) is 9.84 Å². The fraction of sp³-hybridized carbons (Fsp3) is 0.333. The topological polar surface area (TPSA) is 29.5 Å². The predicted octanol–water partition coefficient (Wildman–Crippen LogP) is 2.97. The van der Waals surface area contributed by atoms with Crippen LogP contribution in [0.4, 0.5) is 13.2 Å².